The van der Waals surface area contributed by atoms with E-state index in [-0.39, 0.29) is 5.82 Å². The Balaban J connectivity index is 1.71. The summed E-state index contributed by atoms with van der Waals surface area (Å²) in [5.41, 5.74) is 1.99. The van der Waals surface area contributed by atoms with Crippen LogP contribution < -0.4 is 4.90 Å². The van der Waals surface area contributed by atoms with Gasteiger partial charge in [0.2, 0.25) is 4.77 Å². The fourth-order valence-corrected chi connectivity index (χ4v) is 3.64. The standard InChI is InChI=1S/C20H21FN4OS/c21-17-6-8-18(9-7-17)25-19(14-16-4-2-1-3-5-16)22-24(20(25)27)15-23-10-12-26-13-11-23/h1-9H,10-15H2/p+1. The Kier molecular flexibility index (Phi) is 5.42. The van der Waals surface area contributed by atoms with Crippen LogP contribution in [0.15, 0.2) is 54.6 Å². The van der Waals surface area contributed by atoms with Crippen molar-refractivity contribution in [3.63, 3.8) is 0 Å². The molecule has 1 N–H and O–H groups in total. The number of quaternary nitrogens is 1. The van der Waals surface area contributed by atoms with Crippen molar-refractivity contribution in [3.05, 3.63) is 76.6 Å². The summed E-state index contributed by atoms with van der Waals surface area (Å²) in [5.74, 6) is 0.588. The number of benzene rings is 2. The van der Waals surface area contributed by atoms with Crippen molar-refractivity contribution in [1.29, 1.82) is 0 Å². The minimum Gasteiger partial charge on any atom is -0.370 e. The lowest BCUT2D eigenvalue weighted by Gasteiger charge is -2.23. The van der Waals surface area contributed by atoms with Gasteiger partial charge in [-0.1, -0.05) is 30.3 Å². The van der Waals surface area contributed by atoms with Gasteiger partial charge in [0.1, 0.15) is 24.7 Å². The minimum absolute atomic E-state index is 0.264. The molecule has 1 aromatic heterocycles. The third kappa shape index (κ3) is 4.16. The molecule has 2 heterocycles. The maximum atomic E-state index is 13.4. The fraction of sp³-hybridized carbons (Fsp3) is 0.300. The molecule has 0 aliphatic carbocycles. The normalized spacial score (nSPS) is 15.1. The molecular formula is C20H22FN4OS+. The van der Waals surface area contributed by atoms with Gasteiger partial charge in [-0.3, -0.25) is 4.57 Å². The van der Waals surface area contributed by atoms with E-state index in [2.05, 4.69) is 12.1 Å². The molecule has 1 aliphatic rings. The van der Waals surface area contributed by atoms with E-state index < -0.39 is 0 Å². The Hall–Kier alpha value is -2.35. The highest BCUT2D eigenvalue weighted by molar-refractivity contribution is 7.71. The van der Waals surface area contributed by atoms with Gasteiger partial charge < -0.3 is 9.64 Å². The Morgan fingerprint density at radius 1 is 1.04 bits per heavy atom. The Morgan fingerprint density at radius 2 is 1.74 bits per heavy atom. The number of morpholine rings is 1. The minimum atomic E-state index is -0.264. The van der Waals surface area contributed by atoms with Crippen LogP contribution in [0.5, 0.6) is 0 Å². The number of halogens is 1. The van der Waals surface area contributed by atoms with Crippen molar-refractivity contribution >= 4 is 12.2 Å². The lowest BCUT2D eigenvalue weighted by Crippen LogP contribution is -3.13. The first kappa shape index (κ1) is 18.0. The molecule has 1 aliphatic heterocycles. The first-order valence-electron chi connectivity index (χ1n) is 9.10. The first-order valence-corrected chi connectivity index (χ1v) is 9.51. The topological polar surface area (TPSA) is 36.4 Å². The zero-order chi connectivity index (χ0) is 18.6. The van der Waals surface area contributed by atoms with E-state index >= 15 is 0 Å². The summed E-state index contributed by atoms with van der Waals surface area (Å²) in [6.07, 6.45) is 0.660. The second kappa shape index (κ2) is 8.12. The van der Waals surface area contributed by atoms with E-state index in [9.17, 15) is 4.39 Å². The van der Waals surface area contributed by atoms with Crippen LogP contribution >= 0.6 is 12.2 Å². The van der Waals surface area contributed by atoms with Crippen molar-refractivity contribution < 1.29 is 14.0 Å². The maximum Gasteiger partial charge on any atom is 0.207 e. The van der Waals surface area contributed by atoms with Crippen LogP contribution in [-0.4, -0.2) is 40.7 Å². The van der Waals surface area contributed by atoms with E-state index in [1.807, 2.05) is 27.4 Å². The highest BCUT2D eigenvalue weighted by Crippen LogP contribution is 2.16. The second-order valence-corrected chi connectivity index (χ2v) is 7.06. The van der Waals surface area contributed by atoms with Gasteiger partial charge in [-0.2, -0.15) is 9.78 Å². The van der Waals surface area contributed by atoms with Crippen molar-refractivity contribution in [2.75, 3.05) is 26.3 Å². The molecule has 4 rings (SSSR count). The highest BCUT2D eigenvalue weighted by Gasteiger charge is 2.19. The number of ether oxygens (including phenoxy) is 1. The first-order chi connectivity index (χ1) is 13.2. The van der Waals surface area contributed by atoms with Gasteiger partial charge in [-0.05, 0) is 42.0 Å². The predicted octanol–water partition coefficient (Wildman–Crippen LogP) is 2.01. The van der Waals surface area contributed by atoms with E-state index in [0.29, 0.717) is 17.9 Å². The summed E-state index contributed by atoms with van der Waals surface area (Å²) in [6.45, 7) is 4.12. The van der Waals surface area contributed by atoms with Crippen LogP contribution in [0.1, 0.15) is 11.4 Å². The molecule has 5 nitrogen and oxygen atoms in total. The molecule has 3 aromatic rings. The summed E-state index contributed by atoms with van der Waals surface area (Å²) in [4.78, 5) is 1.40. The molecule has 1 fully saturated rings. The fourth-order valence-electron chi connectivity index (χ4n) is 3.33. The molecule has 0 amide bonds. The zero-order valence-corrected chi connectivity index (χ0v) is 15.8. The Labute approximate surface area is 162 Å². The number of hydrogen-bond donors (Lipinski definition) is 1. The van der Waals surface area contributed by atoms with Crippen LogP contribution in [0.2, 0.25) is 0 Å². The molecule has 0 radical (unpaired) electrons. The number of hydrogen-bond acceptors (Lipinski definition) is 3. The van der Waals surface area contributed by atoms with Crippen LogP contribution in [-0.2, 0) is 17.8 Å². The molecular weight excluding hydrogens is 363 g/mol. The largest absolute Gasteiger partial charge is 0.370 e. The molecule has 0 saturated carbocycles. The predicted molar refractivity (Wildman–Crippen MR) is 103 cm³/mol. The Bertz CT molecular complexity index is 946. The third-order valence-electron chi connectivity index (χ3n) is 4.77. The van der Waals surface area contributed by atoms with Gasteiger partial charge in [0.25, 0.3) is 0 Å². The SMILES string of the molecule is Fc1ccc(-n2c(Cc3ccccc3)nn(C[NH+]3CCOCC3)c2=S)cc1. The molecule has 0 unspecified atom stereocenters. The lowest BCUT2D eigenvalue weighted by atomic mass is 10.1. The van der Waals surface area contributed by atoms with Crippen molar-refractivity contribution in [2.24, 2.45) is 0 Å². The van der Waals surface area contributed by atoms with Crippen LogP contribution in [0.25, 0.3) is 5.69 Å². The van der Waals surface area contributed by atoms with Gasteiger partial charge in [0.15, 0.2) is 6.67 Å². The number of nitrogens with one attached hydrogen (secondary N) is 1. The van der Waals surface area contributed by atoms with E-state index in [1.54, 1.807) is 12.1 Å². The smallest absolute Gasteiger partial charge is 0.207 e. The van der Waals surface area contributed by atoms with Crippen LogP contribution in [0.3, 0.4) is 0 Å². The van der Waals surface area contributed by atoms with E-state index in [0.717, 1.165) is 43.4 Å². The molecule has 7 heteroatoms. The summed E-state index contributed by atoms with van der Waals surface area (Å²) in [7, 11) is 0. The molecule has 0 atom stereocenters. The molecule has 27 heavy (non-hydrogen) atoms. The third-order valence-corrected chi connectivity index (χ3v) is 5.16. The highest BCUT2D eigenvalue weighted by atomic mass is 32.1. The van der Waals surface area contributed by atoms with E-state index in [1.165, 1.54) is 17.0 Å². The molecule has 0 spiro atoms. The van der Waals surface area contributed by atoms with Crippen molar-refractivity contribution in [2.45, 2.75) is 13.1 Å². The van der Waals surface area contributed by atoms with Gasteiger partial charge in [-0.15, -0.1) is 0 Å². The summed E-state index contributed by atoms with van der Waals surface area (Å²) in [5, 5.41) is 4.82. The number of rotatable bonds is 5. The number of aromatic nitrogens is 3. The average molecular weight is 385 g/mol. The molecule has 0 bridgehead atoms. The molecule has 1 saturated heterocycles. The second-order valence-electron chi connectivity index (χ2n) is 6.69. The van der Waals surface area contributed by atoms with Gasteiger partial charge in [0.05, 0.1) is 13.2 Å². The van der Waals surface area contributed by atoms with Gasteiger partial charge in [0, 0.05) is 12.1 Å². The van der Waals surface area contributed by atoms with Crippen molar-refractivity contribution in [3.8, 4) is 5.69 Å². The molecule has 2 aromatic carbocycles. The summed E-state index contributed by atoms with van der Waals surface area (Å²) in [6, 6.07) is 16.6. The lowest BCUT2D eigenvalue weighted by molar-refractivity contribution is -0.930. The average Bonchev–Trinajstić information content (AvgIpc) is 2.99. The van der Waals surface area contributed by atoms with Gasteiger partial charge in [-0.25, -0.2) is 4.39 Å². The van der Waals surface area contributed by atoms with Crippen molar-refractivity contribution in [1.82, 2.24) is 14.3 Å². The number of nitrogens with zero attached hydrogens (tertiary/aromatic N) is 3. The van der Waals surface area contributed by atoms with Gasteiger partial charge >= 0.3 is 0 Å². The van der Waals surface area contributed by atoms with E-state index in [4.69, 9.17) is 22.1 Å². The summed E-state index contributed by atoms with van der Waals surface area (Å²) >= 11 is 5.74. The van der Waals surface area contributed by atoms with Crippen LogP contribution in [0.4, 0.5) is 4.39 Å². The van der Waals surface area contributed by atoms with Crippen LogP contribution in [0, 0.1) is 10.6 Å². The quantitative estimate of drug-likeness (QED) is 0.683. The monoisotopic (exact) mass is 385 g/mol. The maximum absolute atomic E-state index is 13.4. The molecule has 140 valence electrons. The Morgan fingerprint density at radius 3 is 2.44 bits per heavy atom. The summed E-state index contributed by atoms with van der Waals surface area (Å²) < 4.78 is 23.3. The zero-order valence-electron chi connectivity index (χ0n) is 15.0.